The van der Waals surface area contributed by atoms with Gasteiger partial charge in [-0.1, -0.05) is 48.5 Å². The van der Waals surface area contributed by atoms with Crippen LogP contribution in [-0.4, -0.2) is 0 Å². The Morgan fingerprint density at radius 1 is 0.682 bits per heavy atom. The second-order valence-electron chi connectivity index (χ2n) is 6.07. The van der Waals surface area contributed by atoms with E-state index in [-0.39, 0.29) is 0 Å². The van der Waals surface area contributed by atoms with Crippen LogP contribution in [-0.2, 0) is 6.42 Å². The van der Waals surface area contributed by atoms with E-state index in [9.17, 15) is 0 Å². The molecule has 0 bridgehead atoms. The molecule has 0 aliphatic heterocycles. The summed E-state index contributed by atoms with van der Waals surface area (Å²) in [5.74, 6) is 0. The highest BCUT2D eigenvalue weighted by atomic mass is 14.6. The molecule has 0 amide bonds. The Bertz CT molecular complexity index is 1060. The lowest BCUT2D eigenvalue weighted by atomic mass is 9.90. The molecule has 2 aliphatic carbocycles. The third-order valence-corrected chi connectivity index (χ3v) is 4.83. The molecular formula is C21H15N. The van der Waals surface area contributed by atoms with E-state index in [0.29, 0.717) is 0 Å². The number of hydrogen-bond donors (Lipinski definition) is 1. The minimum atomic E-state index is 0.860. The molecule has 22 heavy (non-hydrogen) atoms. The molecule has 3 aromatic carbocycles. The maximum absolute atomic E-state index is 6.16. The summed E-state index contributed by atoms with van der Waals surface area (Å²) >= 11 is 0. The monoisotopic (exact) mass is 281 g/mol. The van der Waals surface area contributed by atoms with Gasteiger partial charge in [0.2, 0.25) is 0 Å². The first-order chi connectivity index (χ1) is 10.8. The second kappa shape index (κ2) is 4.11. The normalized spacial score (nSPS) is 13.3. The fourth-order valence-corrected chi connectivity index (χ4v) is 3.72. The van der Waals surface area contributed by atoms with Crippen LogP contribution >= 0.6 is 0 Å². The highest BCUT2D eigenvalue weighted by Gasteiger charge is 2.17. The Labute approximate surface area is 129 Å². The van der Waals surface area contributed by atoms with E-state index in [1.807, 2.05) is 12.1 Å². The third kappa shape index (κ3) is 1.48. The number of benzene rings is 3. The van der Waals surface area contributed by atoms with Crippen molar-refractivity contribution in [3.63, 3.8) is 0 Å². The summed E-state index contributed by atoms with van der Waals surface area (Å²) < 4.78 is 0. The predicted molar refractivity (Wildman–Crippen MR) is 91.9 cm³/mol. The molecule has 0 atom stereocenters. The van der Waals surface area contributed by atoms with Gasteiger partial charge in [-0.05, 0) is 62.9 Å². The van der Waals surface area contributed by atoms with Crippen molar-refractivity contribution < 1.29 is 0 Å². The van der Waals surface area contributed by atoms with E-state index in [2.05, 4.69) is 54.6 Å². The van der Waals surface area contributed by atoms with Crippen LogP contribution < -0.4 is 16.2 Å². The molecule has 5 rings (SSSR count). The van der Waals surface area contributed by atoms with Crippen molar-refractivity contribution in [1.29, 1.82) is 0 Å². The zero-order valence-electron chi connectivity index (χ0n) is 12.1. The van der Waals surface area contributed by atoms with Crippen molar-refractivity contribution >= 4 is 17.8 Å². The standard InChI is InChI=1S/C21H15N/c22-21-7-3-6-16-17-9-8-15-10-13-4-1-2-5-14(13)11-18(15)19(17)12-20(16)21/h1-9,11-12H,10,22H2. The van der Waals surface area contributed by atoms with Crippen molar-refractivity contribution in [2.45, 2.75) is 6.42 Å². The number of nitrogens with two attached hydrogens (primary N) is 1. The van der Waals surface area contributed by atoms with Gasteiger partial charge in [0.05, 0.1) is 0 Å². The van der Waals surface area contributed by atoms with Crippen LogP contribution in [0.5, 0.6) is 0 Å². The Morgan fingerprint density at radius 3 is 2.55 bits per heavy atom. The Hall–Kier alpha value is -2.80. The zero-order valence-corrected chi connectivity index (χ0v) is 12.1. The maximum Gasteiger partial charge on any atom is 0.0394 e. The van der Waals surface area contributed by atoms with Gasteiger partial charge in [0.25, 0.3) is 0 Å². The number of nitrogen functional groups attached to an aromatic ring is 1. The lowest BCUT2D eigenvalue weighted by molar-refractivity contribution is 1.13. The van der Waals surface area contributed by atoms with E-state index in [0.717, 1.165) is 17.7 Å². The van der Waals surface area contributed by atoms with Crippen molar-refractivity contribution in [1.82, 2.24) is 0 Å². The first-order valence-electron chi connectivity index (χ1n) is 7.63. The maximum atomic E-state index is 6.16. The highest BCUT2D eigenvalue weighted by Crippen LogP contribution is 2.30. The zero-order chi connectivity index (χ0) is 14.7. The highest BCUT2D eigenvalue weighted by molar-refractivity contribution is 5.89. The summed E-state index contributed by atoms with van der Waals surface area (Å²) in [7, 11) is 0. The van der Waals surface area contributed by atoms with E-state index in [4.69, 9.17) is 5.73 Å². The SMILES string of the molecule is Nc1cccc2c1C=c1c-2ccc2c1=Cc1ccccc1C2. The van der Waals surface area contributed by atoms with Crippen LogP contribution in [0.4, 0.5) is 5.69 Å². The van der Waals surface area contributed by atoms with Gasteiger partial charge in [0.15, 0.2) is 0 Å². The first-order valence-corrected chi connectivity index (χ1v) is 7.63. The molecule has 3 aromatic rings. The van der Waals surface area contributed by atoms with Crippen molar-refractivity contribution in [3.05, 3.63) is 87.3 Å². The average molecular weight is 281 g/mol. The van der Waals surface area contributed by atoms with Crippen LogP contribution in [0.25, 0.3) is 23.3 Å². The van der Waals surface area contributed by atoms with Crippen molar-refractivity contribution in [3.8, 4) is 11.1 Å². The summed E-state index contributed by atoms with van der Waals surface area (Å²) in [6.07, 6.45) is 5.59. The number of hydrogen-bond acceptors (Lipinski definition) is 1. The summed E-state index contributed by atoms with van der Waals surface area (Å²) in [5, 5.41) is 2.67. The molecule has 0 unspecified atom stereocenters. The molecule has 0 heterocycles. The van der Waals surface area contributed by atoms with E-state index in [1.54, 1.807) is 0 Å². The lowest BCUT2D eigenvalue weighted by Crippen LogP contribution is -2.31. The van der Waals surface area contributed by atoms with Crippen LogP contribution in [0.3, 0.4) is 0 Å². The number of rotatable bonds is 0. The van der Waals surface area contributed by atoms with Gasteiger partial charge in [-0.3, -0.25) is 0 Å². The van der Waals surface area contributed by atoms with Crippen LogP contribution in [0.1, 0.15) is 22.3 Å². The van der Waals surface area contributed by atoms with Gasteiger partial charge in [-0.25, -0.2) is 0 Å². The molecule has 0 aromatic heterocycles. The molecule has 1 nitrogen and oxygen atoms in total. The molecule has 0 saturated carbocycles. The fraction of sp³-hybridized carbons (Fsp3) is 0.0476. The summed E-state index contributed by atoms with van der Waals surface area (Å²) in [6.45, 7) is 0. The van der Waals surface area contributed by atoms with E-state index < -0.39 is 0 Å². The summed E-state index contributed by atoms with van der Waals surface area (Å²) in [4.78, 5) is 0. The summed E-state index contributed by atoms with van der Waals surface area (Å²) in [6, 6.07) is 19.4. The minimum absolute atomic E-state index is 0.860. The molecular weight excluding hydrogens is 266 g/mol. The van der Waals surface area contributed by atoms with Crippen LogP contribution in [0, 0.1) is 0 Å². The largest absolute Gasteiger partial charge is 0.398 e. The summed E-state index contributed by atoms with van der Waals surface area (Å²) in [5.41, 5.74) is 14.9. The van der Waals surface area contributed by atoms with Gasteiger partial charge < -0.3 is 5.73 Å². The molecule has 0 fully saturated rings. The Kier molecular flexibility index (Phi) is 2.21. The van der Waals surface area contributed by atoms with E-state index in [1.165, 1.54) is 38.3 Å². The van der Waals surface area contributed by atoms with E-state index >= 15 is 0 Å². The van der Waals surface area contributed by atoms with Crippen LogP contribution in [0.15, 0.2) is 54.6 Å². The second-order valence-corrected chi connectivity index (χ2v) is 6.07. The fourth-order valence-electron chi connectivity index (χ4n) is 3.72. The van der Waals surface area contributed by atoms with Gasteiger partial charge in [0.1, 0.15) is 0 Å². The van der Waals surface area contributed by atoms with Gasteiger partial charge in [0, 0.05) is 11.3 Å². The Morgan fingerprint density at radius 2 is 1.59 bits per heavy atom. The van der Waals surface area contributed by atoms with Crippen molar-refractivity contribution in [2.75, 3.05) is 5.73 Å². The smallest absolute Gasteiger partial charge is 0.0394 e. The third-order valence-electron chi connectivity index (χ3n) is 4.83. The average Bonchev–Trinajstić information content (AvgIpc) is 2.94. The first kappa shape index (κ1) is 11.8. The minimum Gasteiger partial charge on any atom is -0.398 e. The number of anilines is 1. The quantitative estimate of drug-likeness (QED) is 0.434. The van der Waals surface area contributed by atoms with Gasteiger partial charge in [-0.2, -0.15) is 0 Å². The van der Waals surface area contributed by atoms with Gasteiger partial charge in [-0.15, -0.1) is 0 Å². The lowest BCUT2D eigenvalue weighted by Gasteiger charge is -2.14. The molecule has 2 aliphatic rings. The van der Waals surface area contributed by atoms with Crippen molar-refractivity contribution in [2.24, 2.45) is 0 Å². The topological polar surface area (TPSA) is 26.0 Å². The number of fused-ring (bicyclic) bond motifs is 6. The molecule has 1 heteroatoms. The molecule has 0 saturated heterocycles. The molecule has 0 radical (unpaired) electrons. The predicted octanol–water partition coefficient (Wildman–Crippen LogP) is 2.81. The Balaban J connectivity index is 1.89. The molecule has 2 N–H and O–H groups in total. The molecule has 0 spiro atoms. The van der Waals surface area contributed by atoms with Gasteiger partial charge >= 0.3 is 0 Å². The molecule has 104 valence electrons. The van der Waals surface area contributed by atoms with Crippen LogP contribution in [0.2, 0.25) is 0 Å².